The van der Waals surface area contributed by atoms with Crippen LogP contribution in [0.5, 0.6) is 0 Å². The molecule has 13 atom stereocenters. The molecule has 17 heteroatoms. The number of sulfone groups is 1. The fraction of sp³-hybridized carbons (Fsp3) is 0.419. The molecule has 3 aliphatic rings. The van der Waals surface area contributed by atoms with Crippen LogP contribution in [0.3, 0.4) is 0 Å². The number of ether oxygens (including phenoxy) is 3. The number of hydrogen-bond donors (Lipinski definition) is 8. The van der Waals surface area contributed by atoms with Crippen molar-refractivity contribution in [3.8, 4) is 11.1 Å². The lowest BCUT2D eigenvalue weighted by Crippen LogP contribution is -2.65. The molecule has 60 heavy (non-hydrogen) atoms. The Balaban J connectivity index is 1.21. The Bertz CT molecular complexity index is 2180. The third-order valence-corrected chi connectivity index (χ3v) is 13.3. The molecule has 3 heterocycles. The Kier molecular flexibility index (Phi) is 13.5. The molecule has 4 aromatic rings. The van der Waals surface area contributed by atoms with Crippen molar-refractivity contribution in [1.82, 2.24) is 0 Å². The monoisotopic (exact) mass is 853 g/mol. The summed E-state index contributed by atoms with van der Waals surface area (Å²) in [7, 11) is -4.53. The zero-order valence-corrected chi connectivity index (χ0v) is 32.9. The van der Waals surface area contributed by atoms with Gasteiger partial charge in [0, 0.05) is 5.69 Å². The van der Waals surface area contributed by atoms with E-state index in [9.17, 15) is 58.5 Å². The molecule has 15 nitrogen and oxygen atoms in total. The lowest BCUT2D eigenvalue weighted by atomic mass is 9.78. The van der Waals surface area contributed by atoms with Crippen LogP contribution in [0.15, 0.2) is 108 Å². The van der Waals surface area contributed by atoms with Gasteiger partial charge in [-0.3, -0.25) is 4.79 Å². The molecule has 322 valence electrons. The lowest BCUT2D eigenvalue weighted by molar-refractivity contribution is -0.341. The molecule has 7 rings (SSSR count). The third kappa shape index (κ3) is 8.76. The third-order valence-electron chi connectivity index (χ3n) is 11.5. The standard InChI is InChI=1S/C43H48FNO14S/c44-26-14-11-24(12-15-26)30(48)18-17-29-35(45(42(29)54)27-9-5-2-6-10-27)28-16-13-25(23-7-3-1-4-8-23)19-34(28)60(55,56)22-33-37(50)39(52)41(32(21-47)57-33)59-43-40(53)38(51)36(49)31(20-46)58-43/h1-16,19,29-33,35-41,43,46-53H,17-18,20-22H2/t29-,30?,31?,32?,33?,35?,36?,37?,38?,39?,40?,41?,43?/m1/s1. The Morgan fingerprint density at radius 2 is 1.35 bits per heavy atom. The number of para-hydroxylation sites is 1. The summed E-state index contributed by atoms with van der Waals surface area (Å²) in [6, 6.07) is 27.0. The van der Waals surface area contributed by atoms with Gasteiger partial charge in [-0.05, 0) is 65.4 Å². The molecule has 3 fully saturated rings. The van der Waals surface area contributed by atoms with Crippen molar-refractivity contribution in [3.63, 3.8) is 0 Å². The van der Waals surface area contributed by atoms with Crippen LogP contribution in [-0.4, -0.2) is 135 Å². The maximum absolute atomic E-state index is 14.8. The van der Waals surface area contributed by atoms with E-state index < -0.39 is 114 Å². The summed E-state index contributed by atoms with van der Waals surface area (Å²) in [4.78, 5) is 15.3. The van der Waals surface area contributed by atoms with Gasteiger partial charge in [-0.15, -0.1) is 0 Å². The van der Waals surface area contributed by atoms with Gasteiger partial charge >= 0.3 is 0 Å². The Morgan fingerprint density at radius 1 is 0.717 bits per heavy atom. The van der Waals surface area contributed by atoms with Crippen molar-refractivity contribution < 1.29 is 72.7 Å². The molecular formula is C43H48FNO14S. The van der Waals surface area contributed by atoms with Gasteiger partial charge < -0.3 is 60.0 Å². The summed E-state index contributed by atoms with van der Waals surface area (Å²) in [5.41, 5.74) is 2.40. The first-order chi connectivity index (χ1) is 28.7. The van der Waals surface area contributed by atoms with Crippen molar-refractivity contribution in [2.24, 2.45) is 5.92 Å². The van der Waals surface area contributed by atoms with E-state index in [0.717, 1.165) is 0 Å². The van der Waals surface area contributed by atoms with Crippen molar-refractivity contribution >= 4 is 21.4 Å². The number of hydrogen-bond acceptors (Lipinski definition) is 14. The summed E-state index contributed by atoms with van der Waals surface area (Å²) in [5.74, 6) is -2.49. The van der Waals surface area contributed by atoms with Crippen LogP contribution in [0.2, 0.25) is 0 Å². The summed E-state index contributed by atoms with van der Waals surface area (Å²) < 4.78 is 60.2. The van der Waals surface area contributed by atoms with Gasteiger partial charge in [0.1, 0.15) is 60.8 Å². The van der Waals surface area contributed by atoms with E-state index in [1.165, 1.54) is 35.2 Å². The molecule has 12 unspecified atom stereocenters. The van der Waals surface area contributed by atoms with Gasteiger partial charge in [-0.25, -0.2) is 12.8 Å². The van der Waals surface area contributed by atoms with E-state index >= 15 is 0 Å². The van der Waals surface area contributed by atoms with Crippen molar-refractivity contribution in [1.29, 1.82) is 0 Å². The van der Waals surface area contributed by atoms with Gasteiger partial charge in [-0.1, -0.05) is 72.8 Å². The Morgan fingerprint density at radius 3 is 2.00 bits per heavy atom. The number of anilines is 1. The molecule has 8 N–H and O–H groups in total. The Hall–Kier alpha value is -4.21. The molecule has 0 aliphatic carbocycles. The van der Waals surface area contributed by atoms with Crippen LogP contribution in [0.4, 0.5) is 10.1 Å². The number of halogens is 1. The predicted octanol–water partition coefficient (Wildman–Crippen LogP) is 1.15. The largest absolute Gasteiger partial charge is 0.394 e. The van der Waals surface area contributed by atoms with Crippen LogP contribution >= 0.6 is 0 Å². The molecule has 3 aliphatic heterocycles. The number of amides is 1. The minimum Gasteiger partial charge on any atom is -0.394 e. The number of carbonyl (C=O) groups is 1. The van der Waals surface area contributed by atoms with Crippen molar-refractivity contribution in [2.45, 2.75) is 91.1 Å². The van der Waals surface area contributed by atoms with Gasteiger partial charge in [-0.2, -0.15) is 0 Å². The average Bonchev–Trinajstić information content (AvgIpc) is 3.25. The number of aliphatic hydroxyl groups is 8. The number of benzene rings is 4. The summed E-state index contributed by atoms with van der Waals surface area (Å²) in [6.45, 7) is -1.64. The molecule has 0 radical (unpaired) electrons. The fourth-order valence-electron chi connectivity index (χ4n) is 8.22. The van der Waals surface area contributed by atoms with Gasteiger partial charge in [0.25, 0.3) is 0 Å². The summed E-state index contributed by atoms with van der Waals surface area (Å²) >= 11 is 0. The first-order valence-electron chi connectivity index (χ1n) is 19.6. The second-order valence-corrected chi connectivity index (χ2v) is 17.3. The summed E-state index contributed by atoms with van der Waals surface area (Å²) in [6.07, 6.45) is -18.1. The highest BCUT2D eigenvalue weighted by atomic mass is 32.2. The molecule has 0 saturated carbocycles. The second kappa shape index (κ2) is 18.4. The predicted molar refractivity (Wildman–Crippen MR) is 211 cm³/mol. The smallest absolute Gasteiger partial charge is 0.233 e. The molecule has 3 saturated heterocycles. The normalized spacial score (nSPS) is 31.4. The van der Waals surface area contributed by atoms with Crippen LogP contribution in [0.25, 0.3) is 11.1 Å². The molecule has 4 aromatic carbocycles. The Labute approximate surface area is 345 Å². The highest BCUT2D eigenvalue weighted by Gasteiger charge is 2.53. The van der Waals surface area contributed by atoms with Gasteiger partial charge in [0.15, 0.2) is 16.1 Å². The number of rotatable bonds is 14. The second-order valence-electron chi connectivity index (χ2n) is 15.3. The van der Waals surface area contributed by atoms with Crippen LogP contribution in [0, 0.1) is 11.7 Å². The minimum atomic E-state index is -4.53. The average molecular weight is 854 g/mol. The van der Waals surface area contributed by atoms with E-state index in [4.69, 9.17) is 14.2 Å². The summed E-state index contributed by atoms with van der Waals surface area (Å²) in [5, 5.41) is 84.5. The number of carbonyl (C=O) groups excluding carboxylic acids is 1. The number of aliphatic hydroxyl groups excluding tert-OH is 8. The zero-order valence-electron chi connectivity index (χ0n) is 32.1. The van der Waals surface area contributed by atoms with E-state index in [1.54, 1.807) is 72.8 Å². The molecule has 0 spiro atoms. The van der Waals surface area contributed by atoms with Gasteiger partial charge in [0.05, 0.1) is 41.9 Å². The zero-order chi connectivity index (χ0) is 42.9. The van der Waals surface area contributed by atoms with Crippen molar-refractivity contribution in [3.05, 3.63) is 120 Å². The van der Waals surface area contributed by atoms with Gasteiger partial charge in [0.2, 0.25) is 5.91 Å². The van der Waals surface area contributed by atoms with E-state index in [0.29, 0.717) is 22.4 Å². The number of β-lactam (4-membered cyclic amide) rings is 1. The molecular weight excluding hydrogens is 806 g/mol. The lowest BCUT2D eigenvalue weighted by Gasteiger charge is -2.48. The minimum absolute atomic E-state index is 0.0975. The van der Waals surface area contributed by atoms with Crippen LogP contribution in [0.1, 0.15) is 36.1 Å². The molecule has 0 aromatic heterocycles. The highest BCUT2D eigenvalue weighted by molar-refractivity contribution is 7.91. The van der Waals surface area contributed by atoms with Crippen LogP contribution in [-0.2, 0) is 28.8 Å². The van der Waals surface area contributed by atoms with Crippen LogP contribution < -0.4 is 4.90 Å². The topological polar surface area (TPSA) is 244 Å². The maximum Gasteiger partial charge on any atom is 0.233 e. The number of nitrogens with zero attached hydrogens (tertiary/aromatic N) is 1. The SMILES string of the molecule is O=C1[C@H](CCC(O)c2ccc(F)cc2)C(c2ccc(-c3ccccc3)cc2S(=O)(=O)CC2OC(CO)C(OC3OC(CO)C(O)C(O)C3O)C(O)C2O)N1c1ccccc1. The first-order valence-corrected chi connectivity index (χ1v) is 21.2. The fourth-order valence-corrected chi connectivity index (χ4v) is 9.96. The first kappa shape index (κ1) is 43.9. The quantitative estimate of drug-likeness (QED) is 0.0831. The van der Waals surface area contributed by atoms with E-state index in [1.807, 2.05) is 0 Å². The molecule has 0 bridgehead atoms. The van der Waals surface area contributed by atoms with E-state index in [2.05, 4.69) is 0 Å². The van der Waals surface area contributed by atoms with E-state index in [-0.39, 0.29) is 29.2 Å². The molecule has 1 amide bonds. The highest BCUT2D eigenvalue weighted by Crippen LogP contribution is 2.49. The maximum atomic E-state index is 14.8. The van der Waals surface area contributed by atoms with Crippen molar-refractivity contribution in [2.75, 3.05) is 23.9 Å².